The number of nitrogens with one attached hydrogen (secondary N) is 3. The third-order valence-electron chi connectivity index (χ3n) is 6.07. The summed E-state index contributed by atoms with van der Waals surface area (Å²) in [5.74, 6) is 0.454. The monoisotopic (exact) mass is 412 g/mol. The molecule has 1 atom stereocenters. The number of hydrogen-bond donors (Lipinski definition) is 3. The van der Waals surface area contributed by atoms with E-state index in [9.17, 15) is 14.4 Å². The van der Waals surface area contributed by atoms with Gasteiger partial charge in [0.15, 0.2) is 0 Å². The molecule has 8 heteroatoms. The maximum absolute atomic E-state index is 12.7. The lowest BCUT2D eigenvalue weighted by Gasteiger charge is -2.14. The third-order valence-corrected chi connectivity index (χ3v) is 6.07. The van der Waals surface area contributed by atoms with E-state index in [1.165, 1.54) is 4.90 Å². The minimum atomic E-state index is -0.630. The summed E-state index contributed by atoms with van der Waals surface area (Å²) >= 11 is 0. The minimum Gasteiger partial charge on any atom is -0.497 e. The van der Waals surface area contributed by atoms with Crippen molar-refractivity contribution in [3.8, 4) is 5.75 Å². The van der Waals surface area contributed by atoms with Crippen LogP contribution in [0.25, 0.3) is 10.9 Å². The number of carbonyl (C=O) groups excluding carboxylic acids is 3. The molecule has 1 saturated heterocycles. The molecule has 1 aliphatic carbocycles. The number of rotatable bonds is 8. The Hall–Kier alpha value is -3.03. The van der Waals surface area contributed by atoms with Crippen LogP contribution >= 0.6 is 0 Å². The molecular formula is C22H28N4O4. The van der Waals surface area contributed by atoms with Crippen LogP contribution in [-0.2, 0) is 16.0 Å². The van der Waals surface area contributed by atoms with Gasteiger partial charge in [0.25, 0.3) is 5.91 Å². The maximum atomic E-state index is 12.7. The van der Waals surface area contributed by atoms with E-state index in [0.717, 1.165) is 47.9 Å². The fourth-order valence-electron chi connectivity index (χ4n) is 4.35. The first kappa shape index (κ1) is 20.3. The quantitative estimate of drug-likeness (QED) is 0.580. The van der Waals surface area contributed by atoms with Crippen molar-refractivity contribution in [1.29, 1.82) is 0 Å². The molecule has 8 nitrogen and oxygen atoms in total. The molecule has 3 N–H and O–H groups in total. The van der Waals surface area contributed by atoms with Crippen molar-refractivity contribution < 1.29 is 19.1 Å². The van der Waals surface area contributed by atoms with E-state index in [0.29, 0.717) is 19.4 Å². The SMILES string of the molecule is COc1ccc2[nH]cc(CCN3C(=O)N[C@@H](CCC(=O)NC4CCCC4)C3=O)c2c1. The molecule has 1 saturated carbocycles. The fourth-order valence-corrected chi connectivity index (χ4v) is 4.35. The van der Waals surface area contributed by atoms with E-state index in [-0.39, 0.29) is 24.3 Å². The molecule has 2 heterocycles. The first-order chi connectivity index (χ1) is 14.5. The zero-order chi connectivity index (χ0) is 21.1. The Bertz CT molecular complexity index is 948. The van der Waals surface area contributed by atoms with Gasteiger partial charge >= 0.3 is 6.03 Å². The van der Waals surface area contributed by atoms with Crippen molar-refractivity contribution in [2.24, 2.45) is 0 Å². The smallest absolute Gasteiger partial charge is 0.324 e. The molecular weight excluding hydrogens is 384 g/mol. The second-order valence-electron chi connectivity index (χ2n) is 8.05. The first-order valence-electron chi connectivity index (χ1n) is 10.6. The summed E-state index contributed by atoms with van der Waals surface area (Å²) in [6, 6.07) is 5.01. The van der Waals surface area contributed by atoms with E-state index in [1.807, 2.05) is 24.4 Å². The second-order valence-corrected chi connectivity index (χ2v) is 8.05. The number of amides is 4. The van der Waals surface area contributed by atoms with Crippen molar-refractivity contribution in [1.82, 2.24) is 20.5 Å². The predicted molar refractivity (Wildman–Crippen MR) is 112 cm³/mol. The summed E-state index contributed by atoms with van der Waals surface area (Å²) in [6.07, 6.45) is 7.36. The van der Waals surface area contributed by atoms with Crippen LogP contribution in [0, 0.1) is 0 Å². The van der Waals surface area contributed by atoms with Crippen LogP contribution in [0.5, 0.6) is 5.75 Å². The second kappa shape index (κ2) is 8.77. The highest BCUT2D eigenvalue weighted by atomic mass is 16.5. The lowest BCUT2D eigenvalue weighted by Crippen LogP contribution is -2.35. The average Bonchev–Trinajstić information content (AvgIpc) is 3.45. The Morgan fingerprint density at radius 3 is 2.83 bits per heavy atom. The number of aromatic amines is 1. The number of nitrogens with zero attached hydrogens (tertiary/aromatic N) is 1. The molecule has 2 aliphatic rings. The average molecular weight is 412 g/mol. The van der Waals surface area contributed by atoms with Gasteiger partial charge in [0.1, 0.15) is 11.8 Å². The third kappa shape index (κ3) is 4.27. The van der Waals surface area contributed by atoms with Crippen molar-refractivity contribution in [3.05, 3.63) is 30.0 Å². The highest BCUT2D eigenvalue weighted by molar-refractivity contribution is 6.04. The van der Waals surface area contributed by atoms with E-state index < -0.39 is 12.1 Å². The van der Waals surface area contributed by atoms with Gasteiger partial charge in [-0.25, -0.2) is 4.79 Å². The highest BCUT2D eigenvalue weighted by Crippen LogP contribution is 2.24. The Morgan fingerprint density at radius 1 is 1.27 bits per heavy atom. The molecule has 1 aliphatic heterocycles. The molecule has 160 valence electrons. The molecule has 4 amide bonds. The lowest BCUT2D eigenvalue weighted by atomic mass is 10.1. The van der Waals surface area contributed by atoms with Crippen LogP contribution in [0.3, 0.4) is 0 Å². The molecule has 1 aromatic carbocycles. The zero-order valence-electron chi connectivity index (χ0n) is 17.2. The maximum Gasteiger partial charge on any atom is 0.324 e. The van der Waals surface area contributed by atoms with Gasteiger partial charge in [-0.15, -0.1) is 0 Å². The Balaban J connectivity index is 1.31. The highest BCUT2D eigenvalue weighted by Gasteiger charge is 2.37. The number of fused-ring (bicyclic) bond motifs is 1. The molecule has 0 radical (unpaired) electrons. The summed E-state index contributed by atoms with van der Waals surface area (Å²) in [6.45, 7) is 0.291. The first-order valence-corrected chi connectivity index (χ1v) is 10.6. The van der Waals surface area contributed by atoms with Crippen LogP contribution < -0.4 is 15.4 Å². The molecule has 0 unspecified atom stereocenters. The standard InChI is InChI=1S/C22H28N4O4/c1-30-16-6-7-18-17(12-16)14(13-23-18)10-11-26-21(28)19(25-22(26)29)8-9-20(27)24-15-4-2-3-5-15/h6-7,12-13,15,19,23H,2-5,8-11H2,1H3,(H,24,27)(H,25,29)/t19-/m0/s1. The van der Waals surface area contributed by atoms with Crippen molar-refractivity contribution in [3.63, 3.8) is 0 Å². The number of aromatic nitrogens is 1. The molecule has 2 fully saturated rings. The van der Waals surface area contributed by atoms with Gasteiger partial charge < -0.3 is 20.4 Å². The lowest BCUT2D eigenvalue weighted by molar-refractivity contribution is -0.127. The number of carbonyl (C=O) groups is 3. The van der Waals surface area contributed by atoms with Crippen molar-refractivity contribution >= 4 is 28.7 Å². The molecule has 0 spiro atoms. The van der Waals surface area contributed by atoms with Gasteiger partial charge in [-0.05, 0) is 49.4 Å². The van der Waals surface area contributed by atoms with Crippen molar-refractivity contribution in [2.75, 3.05) is 13.7 Å². The van der Waals surface area contributed by atoms with Gasteiger partial charge in [0, 0.05) is 36.1 Å². The van der Waals surface area contributed by atoms with Gasteiger partial charge in [-0.2, -0.15) is 0 Å². The fraction of sp³-hybridized carbons (Fsp3) is 0.500. The van der Waals surface area contributed by atoms with Crippen LogP contribution in [0.4, 0.5) is 4.79 Å². The number of imide groups is 1. The van der Waals surface area contributed by atoms with E-state index in [2.05, 4.69) is 15.6 Å². The van der Waals surface area contributed by atoms with Gasteiger partial charge in [0.05, 0.1) is 7.11 Å². The molecule has 0 bridgehead atoms. The zero-order valence-corrected chi connectivity index (χ0v) is 17.2. The van der Waals surface area contributed by atoms with Gasteiger partial charge in [-0.3, -0.25) is 14.5 Å². The van der Waals surface area contributed by atoms with E-state index >= 15 is 0 Å². The largest absolute Gasteiger partial charge is 0.497 e. The van der Waals surface area contributed by atoms with Crippen LogP contribution in [0.1, 0.15) is 44.1 Å². The normalized spacial score (nSPS) is 19.5. The number of urea groups is 1. The summed E-state index contributed by atoms with van der Waals surface area (Å²) in [7, 11) is 1.62. The summed E-state index contributed by atoms with van der Waals surface area (Å²) < 4.78 is 5.29. The van der Waals surface area contributed by atoms with E-state index in [1.54, 1.807) is 7.11 Å². The number of H-pyrrole nitrogens is 1. The number of ether oxygens (including phenoxy) is 1. The number of hydrogen-bond acceptors (Lipinski definition) is 4. The predicted octanol–water partition coefficient (Wildman–Crippen LogP) is 2.48. The molecule has 30 heavy (non-hydrogen) atoms. The Kier molecular flexibility index (Phi) is 5.92. The van der Waals surface area contributed by atoms with Crippen LogP contribution in [0.2, 0.25) is 0 Å². The Morgan fingerprint density at radius 2 is 2.07 bits per heavy atom. The summed E-state index contributed by atoms with van der Waals surface area (Å²) in [5.41, 5.74) is 2.00. The Labute approximate surface area is 175 Å². The minimum absolute atomic E-state index is 0.0462. The molecule has 4 rings (SSSR count). The van der Waals surface area contributed by atoms with Gasteiger partial charge in [-0.1, -0.05) is 12.8 Å². The molecule has 2 aromatic rings. The van der Waals surface area contributed by atoms with Crippen molar-refractivity contribution in [2.45, 2.75) is 57.0 Å². The number of benzene rings is 1. The molecule has 1 aromatic heterocycles. The summed E-state index contributed by atoms with van der Waals surface area (Å²) in [4.78, 5) is 41.6. The van der Waals surface area contributed by atoms with Crippen LogP contribution in [-0.4, -0.2) is 53.5 Å². The number of methoxy groups -OCH3 is 1. The van der Waals surface area contributed by atoms with Crippen LogP contribution in [0.15, 0.2) is 24.4 Å². The summed E-state index contributed by atoms with van der Waals surface area (Å²) in [5, 5.41) is 6.75. The topological polar surface area (TPSA) is 104 Å². The van der Waals surface area contributed by atoms with Gasteiger partial charge in [0.2, 0.25) is 5.91 Å². The van der Waals surface area contributed by atoms with E-state index in [4.69, 9.17) is 4.74 Å².